The molecule has 1 atom stereocenters. The zero-order valence-corrected chi connectivity index (χ0v) is 14.7. The van der Waals surface area contributed by atoms with Gasteiger partial charge in [-0.1, -0.05) is 13.8 Å². The van der Waals surface area contributed by atoms with E-state index < -0.39 is 11.6 Å². The number of hydrogen-bond acceptors (Lipinski definition) is 4. The first-order valence-electron chi connectivity index (χ1n) is 8.12. The zero-order chi connectivity index (χ0) is 17.2. The van der Waals surface area contributed by atoms with Gasteiger partial charge in [0.05, 0.1) is 6.04 Å². The molecule has 0 rings (SSSR count). The Hall–Kier alpha value is -1.30. The highest BCUT2D eigenvalue weighted by Gasteiger charge is 2.15. The van der Waals surface area contributed by atoms with Gasteiger partial charge in [-0.2, -0.15) is 0 Å². The molecule has 4 N–H and O–H groups in total. The first-order chi connectivity index (χ1) is 10.1. The minimum atomic E-state index is -0.469. The number of nitrogens with two attached hydrogens (primary N) is 1. The average molecular weight is 315 g/mol. The molecule has 0 heterocycles. The number of carbonyl (C=O) groups is 2. The number of amides is 2. The molecule has 6 heteroatoms. The largest absolute Gasteiger partial charge is 0.444 e. The van der Waals surface area contributed by atoms with Crippen LogP contribution in [0.4, 0.5) is 4.79 Å². The topological polar surface area (TPSA) is 93.5 Å². The minimum Gasteiger partial charge on any atom is -0.444 e. The van der Waals surface area contributed by atoms with E-state index in [2.05, 4.69) is 10.6 Å². The van der Waals surface area contributed by atoms with Crippen LogP contribution in [0.15, 0.2) is 0 Å². The van der Waals surface area contributed by atoms with E-state index in [-0.39, 0.29) is 12.0 Å². The van der Waals surface area contributed by atoms with E-state index in [0.29, 0.717) is 25.4 Å². The van der Waals surface area contributed by atoms with Gasteiger partial charge in [0.15, 0.2) is 0 Å². The lowest BCUT2D eigenvalue weighted by Crippen LogP contribution is -2.41. The van der Waals surface area contributed by atoms with Crippen molar-refractivity contribution in [3.8, 4) is 0 Å². The Bertz CT molecular complexity index is 338. The summed E-state index contributed by atoms with van der Waals surface area (Å²) in [6.45, 7) is 10.8. The molecule has 22 heavy (non-hydrogen) atoms. The number of unbranched alkanes of at least 4 members (excludes halogenated alkanes) is 2. The third kappa shape index (κ3) is 12.4. The van der Waals surface area contributed by atoms with E-state index >= 15 is 0 Å². The van der Waals surface area contributed by atoms with Crippen LogP contribution in [0.1, 0.15) is 60.3 Å². The molecule has 0 saturated carbocycles. The molecule has 0 radical (unpaired) electrons. The van der Waals surface area contributed by atoms with E-state index in [4.69, 9.17) is 10.5 Å². The van der Waals surface area contributed by atoms with Gasteiger partial charge in [-0.25, -0.2) is 4.79 Å². The summed E-state index contributed by atoms with van der Waals surface area (Å²) in [5, 5.41) is 5.55. The number of alkyl carbamates (subject to hydrolysis) is 1. The van der Waals surface area contributed by atoms with Gasteiger partial charge in [0, 0.05) is 13.1 Å². The smallest absolute Gasteiger partial charge is 0.407 e. The lowest BCUT2D eigenvalue weighted by molar-refractivity contribution is -0.122. The molecule has 0 aromatic carbocycles. The van der Waals surface area contributed by atoms with Crippen LogP contribution in [-0.4, -0.2) is 36.7 Å². The SMILES string of the molecule is CC(C)C[C@H](N)C(=O)NCCCCCNC(=O)OC(C)(C)C. The van der Waals surface area contributed by atoms with Crippen LogP contribution in [0.2, 0.25) is 0 Å². The number of carbonyl (C=O) groups excluding carboxylic acids is 2. The van der Waals surface area contributed by atoms with E-state index in [1.165, 1.54) is 0 Å². The highest BCUT2D eigenvalue weighted by Crippen LogP contribution is 2.06. The molecule has 0 aliphatic rings. The van der Waals surface area contributed by atoms with Crippen molar-refractivity contribution in [2.24, 2.45) is 11.7 Å². The van der Waals surface area contributed by atoms with Crippen molar-refractivity contribution in [2.45, 2.75) is 71.9 Å². The Balaban J connectivity index is 3.55. The van der Waals surface area contributed by atoms with Gasteiger partial charge in [-0.05, 0) is 52.4 Å². The summed E-state index contributed by atoms with van der Waals surface area (Å²) in [7, 11) is 0. The molecule has 0 saturated heterocycles. The first kappa shape index (κ1) is 20.7. The summed E-state index contributed by atoms with van der Waals surface area (Å²) in [5.41, 5.74) is 5.32. The second-order valence-corrected chi connectivity index (χ2v) is 7.02. The predicted octanol–water partition coefficient (Wildman–Crippen LogP) is 2.17. The average Bonchev–Trinajstić information content (AvgIpc) is 2.34. The maximum Gasteiger partial charge on any atom is 0.407 e. The van der Waals surface area contributed by atoms with Crippen molar-refractivity contribution in [3.63, 3.8) is 0 Å². The Morgan fingerprint density at radius 3 is 2.09 bits per heavy atom. The maximum atomic E-state index is 11.7. The molecule has 0 aromatic rings. The fraction of sp³-hybridized carbons (Fsp3) is 0.875. The lowest BCUT2D eigenvalue weighted by Gasteiger charge is -2.19. The Morgan fingerprint density at radius 2 is 1.59 bits per heavy atom. The van der Waals surface area contributed by atoms with Crippen LogP contribution in [0.3, 0.4) is 0 Å². The molecule has 0 aromatic heterocycles. The summed E-state index contributed by atoms with van der Waals surface area (Å²) in [5.74, 6) is 0.334. The summed E-state index contributed by atoms with van der Waals surface area (Å²) in [6, 6.07) is -0.422. The molecule has 0 fully saturated rings. The lowest BCUT2D eigenvalue weighted by atomic mass is 10.0. The van der Waals surface area contributed by atoms with Crippen LogP contribution >= 0.6 is 0 Å². The molecular formula is C16H33N3O3. The van der Waals surface area contributed by atoms with Crippen molar-refractivity contribution < 1.29 is 14.3 Å². The van der Waals surface area contributed by atoms with Crippen molar-refractivity contribution in [2.75, 3.05) is 13.1 Å². The van der Waals surface area contributed by atoms with Gasteiger partial charge >= 0.3 is 6.09 Å². The molecule has 130 valence electrons. The minimum absolute atomic E-state index is 0.0828. The van der Waals surface area contributed by atoms with Crippen LogP contribution < -0.4 is 16.4 Å². The number of ether oxygens (including phenoxy) is 1. The van der Waals surface area contributed by atoms with Crippen LogP contribution in [0.5, 0.6) is 0 Å². The monoisotopic (exact) mass is 315 g/mol. The molecular weight excluding hydrogens is 282 g/mol. The second-order valence-electron chi connectivity index (χ2n) is 7.02. The quantitative estimate of drug-likeness (QED) is 0.568. The van der Waals surface area contributed by atoms with E-state index in [0.717, 1.165) is 19.3 Å². The van der Waals surface area contributed by atoms with Gasteiger partial charge in [-0.15, -0.1) is 0 Å². The van der Waals surface area contributed by atoms with Crippen molar-refractivity contribution in [3.05, 3.63) is 0 Å². The standard InChI is InChI=1S/C16H33N3O3/c1-12(2)11-13(17)14(20)18-9-7-6-8-10-19-15(21)22-16(3,4)5/h12-13H,6-11,17H2,1-5H3,(H,18,20)(H,19,21)/t13-/m0/s1. The molecule has 0 spiro atoms. The molecule has 0 aliphatic carbocycles. The molecule has 0 aliphatic heterocycles. The van der Waals surface area contributed by atoms with Gasteiger partial charge in [0.2, 0.25) is 5.91 Å². The molecule has 0 bridgehead atoms. The number of nitrogens with one attached hydrogen (secondary N) is 2. The van der Waals surface area contributed by atoms with Crippen molar-refractivity contribution in [1.82, 2.24) is 10.6 Å². The highest BCUT2D eigenvalue weighted by molar-refractivity contribution is 5.81. The Kier molecular flexibility index (Phi) is 9.81. The van der Waals surface area contributed by atoms with Gasteiger partial charge in [-0.3, -0.25) is 4.79 Å². The van der Waals surface area contributed by atoms with E-state index in [1.807, 2.05) is 34.6 Å². The molecule has 2 amide bonds. The second kappa shape index (κ2) is 10.4. The fourth-order valence-electron chi connectivity index (χ4n) is 1.89. The maximum absolute atomic E-state index is 11.7. The summed E-state index contributed by atoms with van der Waals surface area (Å²) >= 11 is 0. The fourth-order valence-corrected chi connectivity index (χ4v) is 1.89. The summed E-state index contributed by atoms with van der Waals surface area (Å²) < 4.78 is 5.13. The third-order valence-corrected chi connectivity index (χ3v) is 2.88. The van der Waals surface area contributed by atoms with Crippen LogP contribution in [0, 0.1) is 5.92 Å². The van der Waals surface area contributed by atoms with E-state index in [1.54, 1.807) is 0 Å². The summed E-state index contributed by atoms with van der Waals surface area (Å²) in [4.78, 5) is 23.1. The number of hydrogen-bond donors (Lipinski definition) is 3. The van der Waals surface area contributed by atoms with E-state index in [9.17, 15) is 9.59 Å². The Morgan fingerprint density at radius 1 is 1.05 bits per heavy atom. The van der Waals surface area contributed by atoms with Crippen molar-refractivity contribution >= 4 is 12.0 Å². The number of rotatable bonds is 9. The molecule has 0 unspecified atom stereocenters. The van der Waals surface area contributed by atoms with Crippen LogP contribution in [0.25, 0.3) is 0 Å². The normalized spacial score (nSPS) is 12.9. The zero-order valence-electron chi connectivity index (χ0n) is 14.7. The van der Waals surface area contributed by atoms with Gasteiger partial charge in [0.25, 0.3) is 0 Å². The Labute approximate surface area is 134 Å². The first-order valence-corrected chi connectivity index (χ1v) is 8.12. The predicted molar refractivity (Wildman–Crippen MR) is 88.5 cm³/mol. The van der Waals surface area contributed by atoms with Crippen molar-refractivity contribution in [1.29, 1.82) is 0 Å². The van der Waals surface area contributed by atoms with Gasteiger partial charge in [0.1, 0.15) is 5.60 Å². The highest BCUT2D eigenvalue weighted by atomic mass is 16.6. The third-order valence-electron chi connectivity index (χ3n) is 2.88. The van der Waals surface area contributed by atoms with Crippen LogP contribution in [-0.2, 0) is 9.53 Å². The molecule has 6 nitrogen and oxygen atoms in total. The van der Waals surface area contributed by atoms with Gasteiger partial charge < -0.3 is 21.1 Å². The summed E-state index contributed by atoms with van der Waals surface area (Å²) in [6.07, 6.45) is 2.96.